The molecule has 0 aliphatic carbocycles. The number of rotatable bonds is 3. The monoisotopic (exact) mass is 380 g/mol. The van der Waals surface area contributed by atoms with E-state index >= 15 is 0 Å². The van der Waals surface area contributed by atoms with Crippen LogP contribution in [0.5, 0.6) is 5.88 Å². The molecular formula is C21H18F2N4O. The first-order valence-electron chi connectivity index (χ1n) is 8.75. The number of aromatic nitrogens is 4. The van der Waals surface area contributed by atoms with Crippen molar-refractivity contribution in [2.75, 3.05) is 7.11 Å². The molecule has 4 rings (SSSR count). The van der Waals surface area contributed by atoms with Gasteiger partial charge in [0.05, 0.1) is 18.4 Å². The van der Waals surface area contributed by atoms with E-state index in [0.717, 1.165) is 0 Å². The lowest BCUT2D eigenvalue weighted by atomic mass is 10.1. The summed E-state index contributed by atoms with van der Waals surface area (Å²) in [6.45, 7) is 4.00. The van der Waals surface area contributed by atoms with Crippen molar-refractivity contribution in [3.05, 3.63) is 66.4 Å². The van der Waals surface area contributed by atoms with Gasteiger partial charge in [-0.3, -0.25) is 0 Å². The second-order valence-electron chi connectivity index (χ2n) is 5.49. The average Bonchev–Trinajstić information content (AvgIpc) is 2.74. The molecule has 142 valence electrons. The SMILES string of the molecule is CC.COc1ccnc(-c2cccc3cc(-c4c(F)cccc4F)nnc23)n1. The molecule has 0 aliphatic rings. The Balaban J connectivity index is 0.00000109. The lowest BCUT2D eigenvalue weighted by Crippen LogP contribution is -1.98. The predicted octanol–water partition coefficient (Wildman–Crippen LogP) is 5.07. The van der Waals surface area contributed by atoms with Crippen LogP contribution in [0.1, 0.15) is 13.8 Å². The molecule has 0 saturated carbocycles. The molecule has 0 bridgehead atoms. The first-order chi connectivity index (χ1) is 13.7. The Labute approximate surface area is 161 Å². The largest absolute Gasteiger partial charge is 0.481 e. The number of hydrogen-bond acceptors (Lipinski definition) is 5. The van der Waals surface area contributed by atoms with E-state index in [4.69, 9.17) is 4.74 Å². The second-order valence-corrected chi connectivity index (χ2v) is 5.49. The number of methoxy groups -OCH3 is 1. The van der Waals surface area contributed by atoms with Gasteiger partial charge in [0.1, 0.15) is 17.2 Å². The van der Waals surface area contributed by atoms with Crippen molar-refractivity contribution in [1.82, 2.24) is 20.2 Å². The zero-order valence-electron chi connectivity index (χ0n) is 15.6. The standard InChI is InChI=1S/C19H12F2N4O.C2H6/c1-26-16-8-9-22-19(23-16)12-5-2-4-11-10-15(24-25-18(11)12)17-13(20)6-3-7-14(17)21;1-2/h2-10H,1H3;1-2H3. The van der Waals surface area contributed by atoms with Crippen molar-refractivity contribution < 1.29 is 13.5 Å². The van der Waals surface area contributed by atoms with Gasteiger partial charge in [0, 0.05) is 23.2 Å². The summed E-state index contributed by atoms with van der Waals surface area (Å²) in [4.78, 5) is 8.54. The Kier molecular flexibility index (Phi) is 5.84. The maximum absolute atomic E-state index is 14.0. The quantitative estimate of drug-likeness (QED) is 0.497. The van der Waals surface area contributed by atoms with Crippen LogP contribution in [0.25, 0.3) is 33.5 Å². The van der Waals surface area contributed by atoms with E-state index in [1.807, 2.05) is 13.8 Å². The first-order valence-corrected chi connectivity index (χ1v) is 8.75. The van der Waals surface area contributed by atoms with Gasteiger partial charge in [0.25, 0.3) is 0 Å². The summed E-state index contributed by atoms with van der Waals surface area (Å²) in [7, 11) is 1.52. The van der Waals surface area contributed by atoms with Crippen LogP contribution < -0.4 is 4.74 Å². The minimum absolute atomic E-state index is 0.122. The van der Waals surface area contributed by atoms with Crippen LogP contribution in [0.3, 0.4) is 0 Å². The van der Waals surface area contributed by atoms with E-state index in [9.17, 15) is 8.78 Å². The normalized spacial score (nSPS) is 10.3. The Morgan fingerprint density at radius 3 is 2.32 bits per heavy atom. The number of benzene rings is 2. The number of ether oxygens (including phenoxy) is 1. The Bertz CT molecular complexity index is 1100. The van der Waals surface area contributed by atoms with Gasteiger partial charge in [-0.05, 0) is 24.3 Å². The molecule has 5 nitrogen and oxygen atoms in total. The first kappa shape index (κ1) is 19.3. The fraction of sp³-hybridized carbons (Fsp3) is 0.143. The molecule has 4 aromatic rings. The smallest absolute Gasteiger partial charge is 0.216 e. The molecular weight excluding hydrogens is 362 g/mol. The summed E-state index contributed by atoms with van der Waals surface area (Å²) >= 11 is 0. The van der Waals surface area contributed by atoms with Gasteiger partial charge in [0.15, 0.2) is 5.82 Å². The number of fused-ring (bicyclic) bond motifs is 1. The Morgan fingerprint density at radius 2 is 1.61 bits per heavy atom. The van der Waals surface area contributed by atoms with Crippen LogP contribution in [0.2, 0.25) is 0 Å². The van der Waals surface area contributed by atoms with Crippen LogP contribution in [0, 0.1) is 11.6 Å². The molecule has 28 heavy (non-hydrogen) atoms. The van der Waals surface area contributed by atoms with Crippen molar-refractivity contribution in [2.45, 2.75) is 13.8 Å². The van der Waals surface area contributed by atoms with Crippen molar-refractivity contribution in [3.8, 4) is 28.5 Å². The summed E-state index contributed by atoms with van der Waals surface area (Å²) < 4.78 is 33.2. The summed E-state index contributed by atoms with van der Waals surface area (Å²) in [5, 5.41) is 8.85. The molecule has 0 unspecified atom stereocenters. The fourth-order valence-electron chi connectivity index (χ4n) is 2.70. The van der Waals surface area contributed by atoms with Gasteiger partial charge in [-0.15, -0.1) is 10.2 Å². The summed E-state index contributed by atoms with van der Waals surface area (Å²) in [5.41, 5.74) is 1.09. The number of halogens is 2. The highest BCUT2D eigenvalue weighted by Gasteiger charge is 2.15. The van der Waals surface area contributed by atoms with Gasteiger partial charge in [0.2, 0.25) is 5.88 Å². The Hall–Kier alpha value is -3.48. The van der Waals surface area contributed by atoms with E-state index < -0.39 is 11.6 Å². The van der Waals surface area contributed by atoms with Gasteiger partial charge in [-0.25, -0.2) is 13.8 Å². The van der Waals surface area contributed by atoms with Crippen LogP contribution in [-0.2, 0) is 0 Å². The third-order valence-corrected chi connectivity index (χ3v) is 3.92. The van der Waals surface area contributed by atoms with Crippen molar-refractivity contribution in [1.29, 1.82) is 0 Å². The molecule has 0 spiro atoms. The molecule has 2 heterocycles. The maximum Gasteiger partial charge on any atom is 0.216 e. The van der Waals surface area contributed by atoms with Crippen molar-refractivity contribution >= 4 is 10.9 Å². The van der Waals surface area contributed by atoms with Crippen LogP contribution in [0.4, 0.5) is 8.78 Å². The van der Waals surface area contributed by atoms with E-state index in [1.54, 1.807) is 36.5 Å². The minimum atomic E-state index is -0.689. The van der Waals surface area contributed by atoms with E-state index in [0.29, 0.717) is 28.2 Å². The van der Waals surface area contributed by atoms with Gasteiger partial charge >= 0.3 is 0 Å². The summed E-state index contributed by atoms with van der Waals surface area (Å²) in [6, 6.07) is 12.3. The molecule has 0 N–H and O–H groups in total. The predicted molar refractivity (Wildman–Crippen MR) is 104 cm³/mol. The molecule has 2 aromatic heterocycles. The van der Waals surface area contributed by atoms with Gasteiger partial charge in [-0.2, -0.15) is 4.98 Å². The van der Waals surface area contributed by atoms with E-state index in [2.05, 4.69) is 20.2 Å². The highest BCUT2D eigenvalue weighted by molar-refractivity contribution is 5.93. The highest BCUT2D eigenvalue weighted by Crippen LogP contribution is 2.29. The zero-order valence-corrected chi connectivity index (χ0v) is 15.6. The van der Waals surface area contributed by atoms with E-state index in [-0.39, 0.29) is 11.3 Å². The Morgan fingerprint density at radius 1 is 0.893 bits per heavy atom. The number of hydrogen-bond donors (Lipinski definition) is 0. The third kappa shape index (κ3) is 3.64. The van der Waals surface area contributed by atoms with Crippen LogP contribution in [-0.4, -0.2) is 27.3 Å². The lowest BCUT2D eigenvalue weighted by molar-refractivity contribution is 0.397. The molecule has 0 amide bonds. The van der Waals surface area contributed by atoms with E-state index in [1.165, 1.54) is 25.3 Å². The molecule has 7 heteroatoms. The molecule has 2 aromatic carbocycles. The second kappa shape index (κ2) is 8.47. The minimum Gasteiger partial charge on any atom is -0.481 e. The van der Waals surface area contributed by atoms with Crippen molar-refractivity contribution in [3.63, 3.8) is 0 Å². The van der Waals surface area contributed by atoms with Gasteiger partial charge in [-0.1, -0.05) is 32.0 Å². The average molecular weight is 380 g/mol. The highest BCUT2D eigenvalue weighted by atomic mass is 19.1. The summed E-state index contributed by atoms with van der Waals surface area (Å²) in [5.74, 6) is -0.532. The van der Waals surface area contributed by atoms with Gasteiger partial charge < -0.3 is 4.74 Å². The topological polar surface area (TPSA) is 60.8 Å². The van der Waals surface area contributed by atoms with Crippen LogP contribution in [0.15, 0.2) is 54.7 Å². The molecule has 0 atom stereocenters. The summed E-state index contributed by atoms with van der Waals surface area (Å²) in [6.07, 6.45) is 1.58. The molecule has 0 fully saturated rings. The molecule has 0 radical (unpaired) electrons. The van der Waals surface area contributed by atoms with Crippen LogP contribution >= 0.6 is 0 Å². The molecule has 0 aliphatic heterocycles. The van der Waals surface area contributed by atoms with Crippen molar-refractivity contribution in [2.24, 2.45) is 0 Å². The zero-order chi connectivity index (χ0) is 20.1. The fourth-order valence-corrected chi connectivity index (χ4v) is 2.70. The number of nitrogens with zero attached hydrogens (tertiary/aromatic N) is 4. The maximum atomic E-state index is 14.0. The molecule has 0 saturated heterocycles. The lowest BCUT2D eigenvalue weighted by Gasteiger charge is -2.08. The third-order valence-electron chi connectivity index (χ3n) is 3.92.